The van der Waals surface area contributed by atoms with E-state index in [2.05, 4.69) is 14.9 Å². The molecule has 1 heterocycles. The van der Waals surface area contributed by atoms with Crippen molar-refractivity contribution >= 4 is 27.3 Å². The first-order valence-electron chi connectivity index (χ1n) is 11.6. The van der Waals surface area contributed by atoms with Gasteiger partial charge in [0.05, 0.1) is 42.7 Å². The van der Waals surface area contributed by atoms with E-state index in [0.717, 1.165) is 30.0 Å². The van der Waals surface area contributed by atoms with Gasteiger partial charge in [-0.3, -0.25) is 4.79 Å². The predicted molar refractivity (Wildman–Crippen MR) is 131 cm³/mol. The Morgan fingerprint density at radius 1 is 1.06 bits per heavy atom. The maximum Gasteiger partial charge on any atom is 0.242 e. The molecule has 0 bridgehead atoms. The van der Waals surface area contributed by atoms with Crippen LogP contribution < -0.4 is 24.4 Å². The number of nitrogens with zero attached hydrogens (tertiary/aromatic N) is 1. The normalized spacial score (nSPS) is 14.9. The zero-order chi connectivity index (χ0) is 25.4. The van der Waals surface area contributed by atoms with Crippen molar-refractivity contribution in [3.63, 3.8) is 0 Å². The van der Waals surface area contributed by atoms with Gasteiger partial charge in [0.15, 0.2) is 0 Å². The number of anilines is 2. The number of sulfonamides is 1. The lowest BCUT2D eigenvalue weighted by molar-refractivity contribution is -0.117. The SMILES string of the molecule is CCOc1cc(N2CCOCC2)c(OCC)cc1NC(=O)C(CC)NS(=O)(=O)c1ccc(F)cc1. The van der Waals surface area contributed by atoms with E-state index in [1.54, 1.807) is 13.0 Å². The Labute approximate surface area is 205 Å². The molecule has 0 aliphatic carbocycles. The lowest BCUT2D eigenvalue weighted by Gasteiger charge is -2.31. The van der Waals surface area contributed by atoms with Crippen LogP contribution in [0.1, 0.15) is 27.2 Å². The number of ether oxygens (including phenoxy) is 3. The molecule has 2 aromatic carbocycles. The van der Waals surface area contributed by atoms with Crippen molar-refractivity contribution in [1.82, 2.24) is 4.72 Å². The van der Waals surface area contributed by atoms with Crippen molar-refractivity contribution in [3.05, 3.63) is 42.2 Å². The van der Waals surface area contributed by atoms with E-state index in [0.29, 0.717) is 56.7 Å². The number of carbonyl (C=O) groups excluding carboxylic acids is 1. The summed E-state index contributed by atoms with van der Waals surface area (Å²) in [5, 5.41) is 2.78. The van der Waals surface area contributed by atoms with Crippen LogP contribution in [-0.2, 0) is 19.6 Å². The summed E-state index contributed by atoms with van der Waals surface area (Å²) in [7, 11) is -4.04. The topological polar surface area (TPSA) is 106 Å². The fourth-order valence-electron chi connectivity index (χ4n) is 3.66. The van der Waals surface area contributed by atoms with Crippen LogP contribution >= 0.6 is 0 Å². The van der Waals surface area contributed by atoms with E-state index in [1.807, 2.05) is 19.9 Å². The van der Waals surface area contributed by atoms with E-state index in [4.69, 9.17) is 14.2 Å². The number of rotatable bonds is 11. The van der Waals surface area contributed by atoms with Crippen molar-refractivity contribution in [2.24, 2.45) is 0 Å². The Balaban J connectivity index is 1.86. The molecule has 1 aliphatic heterocycles. The molecular weight excluding hydrogens is 477 g/mol. The number of morpholine rings is 1. The van der Waals surface area contributed by atoms with E-state index in [-0.39, 0.29) is 11.3 Å². The average Bonchev–Trinajstić information content (AvgIpc) is 2.85. The summed E-state index contributed by atoms with van der Waals surface area (Å²) in [4.78, 5) is 15.1. The number of hydrogen-bond donors (Lipinski definition) is 2. The van der Waals surface area contributed by atoms with Gasteiger partial charge in [-0.15, -0.1) is 0 Å². The highest BCUT2D eigenvalue weighted by atomic mass is 32.2. The van der Waals surface area contributed by atoms with Gasteiger partial charge < -0.3 is 24.4 Å². The van der Waals surface area contributed by atoms with Crippen LogP contribution in [0.25, 0.3) is 0 Å². The fraction of sp³-hybridized carbons (Fsp3) is 0.458. The van der Waals surface area contributed by atoms with Crippen LogP contribution in [-0.4, -0.2) is 59.9 Å². The van der Waals surface area contributed by atoms with Crippen LogP contribution in [0.2, 0.25) is 0 Å². The molecule has 192 valence electrons. The van der Waals surface area contributed by atoms with Crippen molar-refractivity contribution in [2.45, 2.75) is 38.1 Å². The van der Waals surface area contributed by atoms with Gasteiger partial charge in [0.25, 0.3) is 0 Å². The highest BCUT2D eigenvalue weighted by molar-refractivity contribution is 7.89. The molecule has 1 saturated heterocycles. The Bertz CT molecular complexity index is 1100. The van der Waals surface area contributed by atoms with Gasteiger partial charge >= 0.3 is 0 Å². The molecule has 0 saturated carbocycles. The molecule has 1 unspecified atom stereocenters. The highest BCUT2D eigenvalue weighted by Crippen LogP contribution is 2.39. The molecule has 0 aromatic heterocycles. The first kappa shape index (κ1) is 26.7. The Morgan fingerprint density at radius 2 is 1.69 bits per heavy atom. The molecule has 9 nitrogen and oxygen atoms in total. The summed E-state index contributed by atoms with van der Waals surface area (Å²) in [6.45, 7) is 8.77. The Morgan fingerprint density at radius 3 is 2.29 bits per heavy atom. The lowest BCUT2D eigenvalue weighted by Crippen LogP contribution is -2.43. The third-order valence-electron chi connectivity index (χ3n) is 5.42. The summed E-state index contributed by atoms with van der Waals surface area (Å²) in [6.07, 6.45) is 0.195. The van der Waals surface area contributed by atoms with E-state index in [1.165, 1.54) is 0 Å². The maximum atomic E-state index is 13.2. The van der Waals surface area contributed by atoms with Gasteiger partial charge in [0.1, 0.15) is 23.4 Å². The minimum Gasteiger partial charge on any atom is -0.492 e. The van der Waals surface area contributed by atoms with Crippen molar-refractivity contribution < 1.29 is 31.8 Å². The molecule has 0 spiro atoms. The van der Waals surface area contributed by atoms with Crippen LogP contribution in [0.3, 0.4) is 0 Å². The number of carbonyl (C=O) groups is 1. The zero-order valence-corrected chi connectivity index (χ0v) is 21.0. The van der Waals surface area contributed by atoms with E-state index in [9.17, 15) is 17.6 Å². The molecular formula is C24H32FN3O6S. The summed E-state index contributed by atoms with van der Waals surface area (Å²) in [5.74, 6) is -0.0846. The largest absolute Gasteiger partial charge is 0.492 e. The monoisotopic (exact) mass is 509 g/mol. The van der Waals surface area contributed by atoms with Gasteiger partial charge in [0.2, 0.25) is 15.9 Å². The van der Waals surface area contributed by atoms with Gasteiger partial charge in [-0.2, -0.15) is 4.72 Å². The van der Waals surface area contributed by atoms with Gasteiger partial charge in [0, 0.05) is 25.2 Å². The smallest absolute Gasteiger partial charge is 0.242 e. The predicted octanol–water partition coefficient (Wildman–Crippen LogP) is 3.16. The van der Waals surface area contributed by atoms with Gasteiger partial charge in [-0.25, -0.2) is 12.8 Å². The van der Waals surface area contributed by atoms with Crippen molar-refractivity contribution in [3.8, 4) is 11.5 Å². The molecule has 1 aliphatic rings. The molecule has 1 atom stereocenters. The summed E-state index contributed by atoms with van der Waals surface area (Å²) in [6, 6.07) is 6.85. The van der Waals surface area contributed by atoms with Crippen LogP contribution in [0.15, 0.2) is 41.3 Å². The van der Waals surface area contributed by atoms with Crippen molar-refractivity contribution in [1.29, 1.82) is 0 Å². The minimum absolute atomic E-state index is 0.131. The lowest BCUT2D eigenvalue weighted by atomic mass is 10.1. The molecule has 11 heteroatoms. The first-order chi connectivity index (χ1) is 16.8. The molecule has 2 aromatic rings. The molecule has 1 fully saturated rings. The second-order valence-electron chi connectivity index (χ2n) is 7.81. The van der Waals surface area contributed by atoms with Crippen LogP contribution in [0.4, 0.5) is 15.8 Å². The molecule has 35 heavy (non-hydrogen) atoms. The molecule has 3 rings (SSSR count). The number of halogens is 1. The first-order valence-corrected chi connectivity index (χ1v) is 13.1. The summed E-state index contributed by atoms with van der Waals surface area (Å²) >= 11 is 0. The zero-order valence-electron chi connectivity index (χ0n) is 20.2. The number of amides is 1. The second kappa shape index (κ2) is 12.2. The number of nitrogens with one attached hydrogen (secondary N) is 2. The van der Waals surface area contributed by atoms with Crippen LogP contribution in [0.5, 0.6) is 11.5 Å². The van der Waals surface area contributed by atoms with E-state index >= 15 is 0 Å². The molecule has 0 radical (unpaired) electrons. The summed E-state index contributed by atoms with van der Waals surface area (Å²) < 4.78 is 58.1. The number of hydrogen-bond acceptors (Lipinski definition) is 7. The molecule has 2 N–H and O–H groups in total. The summed E-state index contributed by atoms with van der Waals surface area (Å²) in [5.41, 5.74) is 1.21. The Kier molecular flexibility index (Phi) is 9.30. The van der Waals surface area contributed by atoms with Crippen LogP contribution in [0, 0.1) is 5.82 Å². The fourth-order valence-corrected chi connectivity index (χ4v) is 4.93. The standard InChI is InChI=1S/C24H32FN3O6S/c1-4-19(27-35(30,31)18-9-7-17(25)8-10-18)24(29)26-20-15-23(34-6-3)21(16-22(20)33-5-2)28-11-13-32-14-12-28/h7-10,15-16,19,27H,4-6,11-14H2,1-3H3,(H,26,29). The average molecular weight is 510 g/mol. The van der Waals surface area contributed by atoms with E-state index < -0.39 is 27.8 Å². The highest BCUT2D eigenvalue weighted by Gasteiger charge is 2.26. The van der Waals surface area contributed by atoms with Crippen molar-refractivity contribution in [2.75, 3.05) is 49.7 Å². The maximum absolute atomic E-state index is 13.2. The van der Waals surface area contributed by atoms with Gasteiger partial charge in [-0.05, 0) is 44.5 Å². The Hall–Kier alpha value is -2.89. The quantitative estimate of drug-likeness (QED) is 0.479. The van der Waals surface area contributed by atoms with Gasteiger partial charge in [-0.1, -0.05) is 6.92 Å². The molecule has 1 amide bonds. The second-order valence-corrected chi connectivity index (χ2v) is 9.52. The third kappa shape index (κ3) is 6.83. The number of benzene rings is 2. The minimum atomic E-state index is -4.04. The third-order valence-corrected chi connectivity index (χ3v) is 6.90.